The molecule has 0 bridgehead atoms. The monoisotopic (exact) mass is 488 g/mol. The molecule has 2 heterocycles. The second kappa shape index (κ2) is 9.38. The molecule has 0 amide bonds. The third-order valence-electron chi connectivity index (χ3n) is 6.92. The lowest BCUT2D eigenvalue weighted by atomic mass is 10.0. The van der Waals surface area contributed by atoms with Crippen molar-refractivity contribution in [2.75, 3.05) is 4.90 Å². The summed E-state index contributed by atoms with van der Waals surface area (Å²) in [7, 11) is 0. The predicted octanol–water partition coefficient (Wildman–Crippen LogP) is 9.78. The highest BCUT2D eigenvalue weighted by atomic mass is 16.3. The van der Waals surface area contributed by atoms with Crippen LogP contribution in [0.3, 0.4) is 0 Å². The first-order chi connectivity index (χ1) is 18.8. The van der Waals surface area contributed by atoms with E-state index in [1.807, 2.05) is 42.6 Å². The number of pyridine rings is 1. The zero-order valence-corrected chi connectivity index (χ0v) is 20.7. The Bertz CT molecular complexity index is 1860. The van der Waals surface area contributed by atoms with Crippen LogP contribution in [0.4, 0.5) is 17.1 Å². The lowest BCUT2D eigenvalue weighted by molar-refractivity contribution is 0.668. The van der Waals surface area contributed by atoms with Crippen LogP contribution in [0.1, 0.15) is 0 Å². The quantitative estimate of drug-likeness (QED) is 0.241. The van der Waals surface area contributed by atoms with Crippen molar-refractivity contribution in [1.82, 2.24) is 4.98 Å². The van der Waals surface area contributed by atoms with Gasteiger partial charge in [0.05, 0.1) is 5.69 Å². The number of anilines is 3. The molecule has 0 fully saturated rings. The Hall–Kier alpha value is -5.15. The average molecular weight is 489 g/mol. The van der Waals surface area contributed by atoms with E-state index >= 15 is 0 Å². The third-order valence-corrected chi connectivity index (χ3v) is 6.92. The summed E-state index contributed by atoms with van der Waals surface area (Å²) in [6.45, 7) is 0. The first kappa shape index (κ1) is 22.1. The minimum absolute atomic E-state index is 0.769. The van der Waals surface area contributed by atoms with Gasteiger partial charge in [0.25, 0.3) is 0 Å². The Labute approximate surface area is 221 Å². The van der Waals surface area contributed by atoms with Gasteiger partial charge in [-0.3, -0.25) is 4.98 Å². The second-order valence-electron chi connectivity index (χ2n) is 9.27. The van der Waals surface area contributed by atoms with Gasteiger partial charge < -0.3 is 9.32 Å². The first-order valence-electron chi connectivity index (χ1n) is 12.7. The van der Waals surface area contributed by atoms with Crippen LogP contribution in [0.5, 0.6) is 0 Å². The fourth-order valence-corrected chi connectivity index (χ4v) is 5.08. The molecule has 180 valence electrons. The zero-order valence-electron chi connectivity index (χ0n) is 20.7. The van der Waals surface area contributed by atoms with E-state index in [-0.39, 0.29) is 0 Å². The standard InChI is InChI=1S/C35H24N2O/c1-3-10-25(11-4-1)27-18-20-29(21-19-27)37(30-15-9-14-28(24-30)26-12-5-2-6-13-26)32-22-23-36-34-31-16-7-8-17-33(31)38-35(32)34/h1-24H. The molecule has 3 nitrogen and oxygen atoms in total. The number of benzene rings is 5. The minimum atomic E-state index is 0.769. The zero-order chi connectivity index (χ0) is 25.3. The number of rotatable bonds is 5. The van der Waals surface area contributed by atoms with Crippen molar-refractivity contribution in [3.05, 3.63) is 146 Å². The van der Waals surface area contributed by atoms with Gasteiger partial charge in [-0.15, -0.1) is 0 Å². The fraction of sp³-hybridized carbons (Fsp3) is 0. The molecular formula is C35H24N2O. The van der Waals surface area contributed by atoms with Crippen LogP contribution in [0.2, 0.25) is 0 Å². The van der Waals surface area contributed by atoms with Crippen LogP contribution in [-0.2, 0) is 0 Å². The summed E-state index contributed by atoms with van der Waals surface area (Å²) in [5.41, 5.74) is 10.2. The molecule has 7 rings (SSSR count). The highest BCUT2D eigenvalue weighted by molar-refractivity contribution is 6.08. The number of hydrogen-bond donors (Lipinski definition) is 0. The van der Waals surface area contributed by atoms with Crippen LogP contribution >= 0.6 is 0 Å². The van der Waals surface area contributed by atoms with Gasteiger partial charge in [-0.05, 0) is 64.7 Å². The summed E-state index contributed by atoms with van der Waals surface area (Å²) in [6.07, 6.45) is 1.87. The molecule has 0 unspecified atom stereocenters. The molecule has 38 heavy (non-hydrogen) atoms. The summed E-state index contributed by atoms with van der Waals surface area (Å²) < 4.78 is 6.41. The van der Waals surface area contributed by atoms with Crippen molar-refractivity contribution in [1.29, 1.82) is 0 Å². The molecule has 0 aliphatic carbocycles. The van der Waals surface area contributed by atoms with Crippen LogP contribution in [0.15, 0.2) is 150 Å². The van der Waals surface area contributed by atoms with Gasteiger partial charge in [-0.2, -0.15) is 0 Å². The summed E-state index contributed by atoms with van der Waals surface area (Å²) in [5, 5.41) is 1.02. The van der Waals surface area contributed by atoms with Gasteiger partial charge in [0.2, 0.25) is 0 Å². The smallest absolute Gasteiger partial charge is 0.177 e. The van der Waals surface area contributed by atoms with Gasteiger partial charge in [0, 0.05) is 23.0 Å². The molecule has 0 N–H and O–H groups in total. The maximum atomic E-state index is 6.41. The SMILES string of the molecule is c1ccc(-c2ccc(N(c3cccc(-c4ccccc4)c3)c3ccnc4c3oc3ccccc34)cc2)cc1. The van der Waals surface area contributed by atoms with Crippen molar-refractivity contribution in [2.24, 2.45) is 0 Å². The number of furan rings is 1. The highest BCUT2D eigenvalue weighted by Crippen LogP contribution is 2.42. The Kier molecular flexibility index (Phi) is 5.45. The van der Waals surface area contributed by atoms with Gasteiger partial charge in [-0.1, -0.05) is 97.1 Å². The number of para-hydroxylation sites is 1. The average Bonchev–Trinajstić information content (AvgIpc) is 3.38. The summed E-state index contributed by atoms with van der Waals surface area (Å²) in [5.74, 6) is 0. The minimum Gasteiger partial charge on any atom is -0.452 e. The molecular weight excluding hydrogens is 464 g/mol. The van der Waals surface area contributed by atoms with Crippen LogP contribution in [0.25, 0.3) is 44.3 Å². The van der Waals surface area contributed by atoms with E-state index in [0.29, 0.717) is 0 Å². The van der Waals surface area contributed by atoms with Crippen molar-refractivity contribution in [2.45, 2.75) is 0 Å². The van der Waals surface area contributed by atoms with Gasteiger partial charge >= 0.3 is 0 Å². The molecule has 2 aromatic heterocycles. The molecule has 7 aromatic rings. The summed E-state index contributed by atoms with van der Waals surface area (Å²) in [4.78, 5) is 6.96. The molecule has 0 spiro atoms. The highest BCUT2D eigenvalue weighted by Gasteiger charge is 2.20. The van der Waals surface area contributed by atoms with E-state index in [4.69, 9.17) is 9.40 Å². The Morgan fingerprint density at radius 3 is 1.89 bits per heavy atom. The molecule has 5 aromatic carbocycles. The maximum Gasteiger partial charge on any atom is 0.177 e. The summed E-state index contributed by atoms with van der Waals surface area (Å²) in [6, 6.07) is 48.4. The Morgan fingerprint density at radius 1 is 0.500 bits per heavy atom. The number of hydrogen-bond acceptors (Lipinski definition) is 3. The van der Waals surface area contributed by atoms with E-state index in [2.05, 4.69) is 108 Å². The van der Waals surface area contributed by atoms with Crippen molar-refractivity contribution in [3.8, 4) is 22.3 Å². The van der Waals surface area contributed by atoms with Crippen molar-refractivity contribution >= 4 is 39.1 Å². The normalized spacial score (nSPS) is 11.2. The molecule has 3 heteroatoms. The van der Waals surface area contributed by atoms with Gasteiger partial charge in [0.1, 0.15) is 11.1 Å². The Balaban J connectivity index is 1.43. The molecule has 0 saturated carbocycles. The largest absolute Gasteiger partial charge is 0.452 e. The molecule has 0 radical (unpaired) electrons. The molecule has 0 saturated heterocycles. The number of nitrogens with zero attached hydrogens (tertiary/aromatic N) is 2. The van der Waals surface area contributed by atoms with Gasteiger partial charge in [0.15, 0.2) is 5.58 Å². The lowest BCUT2D eigenvalue weighted by Gasteiger charge is -2.26. The number of fused-ring (bicyclic) bond motifs is 3. The first-order valence-corrected chi connectivity index (χ1v) is 12.7. The third kappa shape index (κ3) is 3.91. The van der Waals surface area contributed by atoms with Crippen LogP contribution in [-0.4, -0.2) is 4.98 Å². The predicted molar refractivity (Wildman–Crippen MR) is 157 cm³/mol. The van der Waals surface area contributed by atoms with Gasteiger partial charge in [-0.25, -0.2) is 0 Å². The fourth-order valence-electron chi connectivity index (χ4n) is 5.08. The van der Waals surface area contributed by atoms with Crippen molar-refractivity contribution < 1.29 is 4.42 Å². The van der Waals surface area contributed by atoms with Crippen molar-refractivity contribution in [3.63, 3.8) is 0 Å². The second-order valence-corrected chi connectivity index (χ2v) is 9.27. The summed E-state index contributed by atoms with van der Waals surface area (Å²) >= 11 is 0. The van der Waals surface area contributed by atoms with E-state index in [0.717, 1.165) is 44.7 Å². The van der Waals surface area contributed by atoms with E-state index in [1.54, 1.807) is 0 Å². The van der Waals surface area contributed by atoms with Crippen LogP contribution < -0.4 is 4.90 Å². The molecule has 0 atom stereocenters. The van der Waals surface area contributed by atoms with Crippen LogP contribution in [0, 0.1) is 0 Å². The molecule has 0 aliphatic heterocycles. The lowest BCUT2D eigenvalue weighted by Crippen LogP contribution is -2.10. The maximum absolute atomic E-state index is 6.41. The Morgan fingerprint density at radius 2 is 1.13 bits per heavy atom. The number of aromatic nitrogens is 1. The molecule has 0 aliphatic rings. The van der Waals surface area contributed by atoms with E-state index < -0.39 is 0 Å². The topological polar surface area (TPSA) is 29.3 Å². The van der Waals surface area contributed by atoms with E-state index in [1.165, 1.54) is 16.7 Å². The van der Waals surface area contributed by atoms with E-state index in [9.17, 15) is 0 Å².